The molecule has 1 heterocycles. The summed E-state index contributed by atoms with van der Waals surface area (Å²) in [5, 5.41) is 0. The average molecular weight is 178 g/mol. The first-order valence-corrected chi connectivity index (χ1v) is 4.51. The van der Waals surface area contributed by atoms with E-state index in [4.69, 9.17) is 10.5 Å². The van der Waals surface area contributed by atoms with E-state index in [0.717, 1.165) is 18.5 Å². The van der Waals surface area contributed by atoms with Gasteiger partial charge < -0.3 is 10.5 Å². The van der Waals surface area contributed by atoms with Crippen molar-refractivity contribution in [2.45, 2.75) is 32.3 Å². The summed E-state index contributed by atoms with van der Waals surface area (Å²) in [5.74, 6) is 0.687. The molecule has 13 heavy (non-hydrogen) atoms. The van der Waals surface area contributed by atoms with E-state index in [1.165, 1.54) is 0 Å². The topological polar surface area (TPSA) is 48.1 Å². The van der Waals surface area contributed by atoms with Crippen LogP contribution in [-0.4, -0.2) is 10.6 Å². The second-order valence-electron chi connectivity index (χ2n) is 3.88. The zero-order valence-corrected chi connectivity index (χ0v) is 8.00. The van der Waals surface area contributed by atoms with E-state index < -0.39 is 0 Å². The van der Waals surface area contributed by atoms with Gasteiger partial charge in [0.25, 0.3) is 0 Å². The van der Waals surface area contributed by atoms with Crippen LogP contribution in [0.2, 0.25) is 0 Å². The van der Waals surface area contributed by atoms with E-state index in [0.29, 0.717) is 11.6 Å². The van der Waals surface area contributed by atoms with Crippen molar-refractivity contribution in [2.24, 2.45) is 0 Å². The lowest BCUT2D eigenvalue weighted by atomic mass is 10.3. The lowest BCUT2D eigenvalue weighted by Gasteiger charge is -2.12. The highest BCUT2D eigenvalue weighted by atomic mass is 16.5. The summed E-state index contributed by atoms with van der Waals surface area (Å²) < 4.78 is 5.68. The number of nitrogens with zero attached hydrogens (tertiary/aromatic N) is 1. The van der Waals surface area contributed by atoms with Crippen LogP contribution >= 0.6 is 0 Å². The molecule has 0 atom stereocenters. The van der Waals surface area contributed by atoms with Gasteiger partial charge in [-0.25, -0.2) is 4.98 Å². The average Bonchev–Trinajstić information content (AvgIpc) is 2.76. The number of rotatable bonds is 2. The minimum Gasteiger partial charge on any atom is -0.471 e. The van der Waals surface area contributed by atoms with E-state index in [2.05, 4.69) is 11.9 Å². The molecule has 1 aliphatic rings. The van der Waals surface area contributed by atoms with Crippen molar-refractivity contribution in [3.05, 3.63) is 17.8 Å². The molecule has 0 aromatic carbocycles. The number of hydrogen-bond donors (Lipinski definition) is 1. The van der Waals surface area contributed by atoms with Crippen LogP contribution in [-0.2, 0) is 0 Å². The van der Waals surface area contributed by atoms with Crippen LogP contribution in [0.5, 0.6) is 5.88 Å². The van der Waals surface area contributed by atoms with Crippen LogP contribution in [0.3, 0.4) is 0 Å². The minimum atomic E-state index is 0.0373. The van der Waals surface area contributed by atoms with Crippen LogP contribution in [0.4, 0.5) is 5.69 Å². The predicted octanol–water partition coefficient (Wildman–Crippen LogP) is 1.90. The molecule has 0 unspecified atom stereocenters. The number of hydrogen-bond acceptors (Lipinski definition) is 3. The Hall–Kier alpha value is -1.25. The van der Waals surface area contributed by atoms with Crippen molar-refractivity contribution < 1.29 is 4.74 Å². The lowest BCUT2D eigenvalue weighted by molar-refractivity contribution is 0.191. The Kier molecular flexibility index (Phi) is 1.68. The van der Waals surface area contributed by atoms with E-state index >= 15 is 0 Å². The third-order valence-electron chi connectivity index (χ3n) is 2.41. The Morgan fingerprint density at radius 1 is 1.46 bits per heavy atom. The molecule has 3 heteroatoms. The first kappa shape index (κ1) is 8.35. The van der Waals surface area contributed by atoms with E-state index in [-0.39, 0.29) is 5.60 Å². The number of nitrogen functional groups attached to an aromatic ring is 1. The quantitative estimate of drug-likeness (QED) is 0.752. The van der Waals surface area contributed by atoms with Gasteiger partial charge in [0, 0.05) is 6.07 Å². The highest BCUT2D eigenvalue weighted by Gasteiger charge is 2.40. The minimum absolute atomic E-state index is 0.0373. The smallest absolute Gasteiger partial charge is 0.214 e. The standard InChI is InChI=1S/C10H14N2O/c1-7-8(11)3-4-9(12-7)13-10(2)5-6-10/h3-4H,5-6,11H2,1-2H3. The molecule has 1 aromatic heterocycles. The third kappa shape index (κ3) is 1.74. The zero-order valence-electron chi connectivity index (χ0n) is 8.00. The lowest BCUT2D eigenvalue weighted by Crippen LogP contribution is -2.13. The van der Waals surface area contributed by atoms with Crippen LogP contribution < -0.4 is 10.5 Å². The molecule has 0 spiro atoms. The van der Waals surface area contributed by atoms with Gasteiger partial charge in [-0.15, -0.1) is 0 Å². The van der Waals surface area contributed by atoms with Crippen LogP contribution in [0.1, 0.15) is 25.5 Å². The number of aryl methyl sites for hydroxylation is 1. The van der Waals surface area contributed by atoms with Gasteiger partial charge in [0.15, 0.2) is 0 Å². The molecule has 2 N–H and O–H groups in total. The Bertz CT molecular complexity index is 332. The van der Waals surface area contributed by atoms with Gasteiger partial charge in [-0.2, -0.15) is 0 Å². The Morgan fingerprint density at radius 3 is 2.69 bits per heavy atom. The van der Waals surface area contributed by atoms with Crippen LogP contribution in [0, 0.1) is 6.92 Å². The Morgan fingerprint density at radius 2 is 2.15 bits per heavy atom. The molecule has 0 saturated heterocycles. The summed E-state index contributed by atoms with van der Waals surface area (Å²) in [7, 11) is 0. The summed E-state index contributed by atoms with van der Waals surface area (Å²) in [5.41, 5.74) is 7.24. The molecule has 2 rings (SSSR count). The SMILES string of the molecule is Cc1nc(OC2(C)CC2)ccc1N. The summed E-state index contributed by atoms with van der Waals surface area (Å²) in [4.78, 5) is 4.25. The van der Waals surface area contributed by atoms with Gasteiger partial charge in [0.1, 0.15) is 5.60 Å². The zero-order chi connectivity index (χ0) is 9.47. The second-order valence-corrected chi connectivity index (χ2v) is 3.88. The van der Waals surface area contributed by atoms with Crippen molar-refractivity contribution in [2.75, 3.05) is 5.73 Å². The van der Waals surface area contributed by atoms with Crippen LogP contribution in [0.25, 0.3) is 0 Å². The van der Waals surface area contributed by atoms with Crippen molar-refractivity contribution >= 4 is 5.69 Å². The number of aromatic nitrogens is 1. The maximum absolute atomic E-state index is 5.68. The molecule has 70 valence electrons. The van der Waals surface area contributed by atoms with E-state index in [1.807, 2.05) is 19.1 Å². The molecule has 0 radical (unpaired) electrons. The largest absolute Gasteiger partial charge is 0.471 e. The van der Waals surface area contributed by atoms with Crippen molar-refractivity contribution in [3.63, 3.8) is 0 Å². The molecule has 1 aliphatic carbocycles. The van der Waals surface area contributed by atoms with Crippen LogP contribution in [0.15, 0.2) is 12.1 Å². The summed E-state index contributed by atoms with van der Waals surface area (Å²) >= 11 is 0. The van der Waals surface area contributed by atoms with Gasteiger partial charge in [-0.05, 0) is 32.8 Å². The first-order chi connectivity index (χ1) is 6.09. The predicted molar refractivity (Wildman–Crippen MR) is 51.7 cm³/mol. The maximum atomic E-state index is 5.68. The molecular formula is C10H14N2O. The Balaban J connectivity index is 2.17. The fraction of sp³-hybridized carbons (Fsp3) is 0.500. The highest BCUT2D eigenvalue weighted by molar-refractivity contribution is 5.43. The number of anilines is 1. The second kappa shape index (κ2) is 2.62. The van der Waals surface area contributed by atoms with Crippen molar-refractivity contribution in [3.8, 4) is 5.88 Å². The van der Waals surface area contributed by atoms with E-state index in [1.54, 1.807) is 0 Å². The molecule has 0 aliphatic heterocycles. The van der Waals surface area contributed by atoms with Gasteiger partial charge in [-0.3, -0.25) is 0 Å². The summed E-state index contributed by atoms with van der Waals surface area (Å²) in [6.07, 6.45) is 2.25. The first-order valence-electron chi connectivity index (χ1n) is 4.51. The molecule has 1 saturated carbocycles. The molecular weight excluding hydrogens is 164 g/mol. The molecule has 1 aromatic rings. The van der Waals surface area contributed by atoms with Crippen molar-refractivity contribution in [1.29, 1.82) is 0 Å². The van der Waals surface area contributed by atoms with Crippen molar-refractivity contribution in [1.82, 2.24) is 4.98 Å². The van der Waals surface area contributed by atoms with Gasteiger partial charge in [0.2, 0.25) is 5.88 Å². The number of pyridine rings is 1. The normalized spacial score (nSPS) is 18.3. The fourth-order valence-corrected chi connectivity index (χ4v) is 1.14. The monoisotopic (exact) mass is 178 g/mol. The number of ether oxygens (including phenoxy) is 1. The summed E-state index contributed by atoms with van der Waals surface area (Å²) in [6, 6.07) is 3.66. The number of nitrogens with two attached hydrogens (primary N) is 1. The summed E-state index contributed by atoms with van der Waals surface area (Å²) in [6.45, 7) is 3.98. The van der Waals surface area contributed by atoms with Gasteiger partial charge in [-0.1, -0.05) is 0 Å². The van der Waals surface area contributed by atoms with E-state index in [9.17, 15) is 0 Å². The van der Waals surface area contributed by atoms with Gasteiger partial charge >= 0.3 is 0 Å². The van der Waals surface area contributed by atoms with Gasteiger partial charge in [0.05, 0.1) is 11.4 Å². The molecule has 0 bridgehead atoms. The Labute approximate surface area is 77.9 Å². The highest BCUT2D eigenvalue weighted by Crippen LogP contribution is 2.39. The molecule has 3 nitrogen and oxygen atoms in total. The maximum Gasteiger partial charge on any atom is 0.214 e. The molecule has 1 fully saturated rings. The third-order valence-corrected chi connectivity index (χ3v) is 2.41. The fourth-order valence-electron chi connectivity index (χ4n) is 1.14. The molecule has 0 amide bonds.